The summed E-state index contributed by atoms with van der Waals surface area (Å²) in [6, 6.07) is 10.8. The molecule has 1 heterocycles. The molecule has 2 aliphatic rings. The molecule has 0 aliphatic heterocycles. The Morgan fingerprint density at radius 3 is 2.52 bits per heavy atom. The summed E-state index contributed by atoms with van der Waals surface area (Å²) < 4.78 is 1.90. The van der Waals surface area contributed by atoms with Crippen LogP contribution < -0.4 is 11.3 Å². The number of fused-ring (bicyclic) bond motifs is 1. The molecule has 3 nitrogen and oxygen atoms in total. The van der Waals surface area contributed by atoms with Crippen molar-refractivity contribution in [3.05, 3.63) is 51.8 Å². The molecule has 4 rings (SSSR count). The number of anilines is 1. The maximum Gasteiger partial charge on any atom is 0.274 e. The molecule has 1 aromatic carbocycles. The Kier molecular flexibility index (Phi) is 2.88. The summed E-state index contributed by atoms with van der Waals surface area (Å²) >= 11 is 0. The van der Waals surface area contributed by atoms with Gasteiger partial charge in [0.25, 0.3) is 5.56 Å². The van der Waals surface area contributed by atoms with Gasteiger partial charge in [-0.3, -0.25) is 4.79 Å². The summed E-state index contributed by atoms with van der Waals surface area (Å²) in [5, 5.41) is 0. The second-order valence-corrected chi connectivity index (χ2v) is 6.27. The van der Waals surface area contributed by atoms with Crippen molar-refractivity contribution < 1.29 is 0 Å². The van der Waals surface area contributed by atoms with Crippen LogP contribution in [-0.2, 0) is 12.8 Å². The molecule has 0 bridgehead atoms. The van der Waals surface area contributed by atoms with Gasteiger partial charge < -0.3 is 10.3 Å². The topological polar surface area (TPSA) is 48.0 Å². The van der Waals surface area contributed by atoms with Gasteiger partial charge in [0.05, 0.1) is 11.4 Å². The quantitative estimate of drug-likeness (QED) is 0.917. The Morgan fingerprint density at radius 2 is 1.76 bits per heavy atom. The van der Waals surface area contributed by atoms with Crippen LogP contribution in [0.2, 0.25) is 0 Å². The van der Waals surface area contributed by atoms with E-state index in [-0.39, 0.29) is 5.56 Å². The second-order valence-electron chi connectivity index (χ2n) is 6.27. The first-order valence-corrected chi connectivity index (χ1v) is 7.87. The van der Waals surface area contributed by atoms with Gasteiger partial charge in [-0.05, 0) is 73.4 Å². The predicted octanol–water partition coefficient (Wildman–Crippen LogP) is 3.31. The molecule has 0 spiro atoms. The first-order valence-electron chi connectivity index (χ1n) is 7.87. The molecular formula is C18H20N2O. The number of nitrogen functional groups attached to an aromatic ring is 1. The lowest BCUT2D eigenvalue weighted by molar-refractivity contribution is 0.685. The van der Waals surface area contributed by atoms with Crippen molar-refractivity contribution in [3.8, 4) is 11.3 Å². The first-order chi connectivity index (χ1) is 10.2. The van der Waals surface area contributed by atoms with Crippen LogP contribution in [0, 0.1) is 0 Å². The average Bonchev–Trinajstić information content (AvgIpc) is 3.34. The molecule has 1 fully saturated rings. The molecule has 3 heteroatoms. The molecule has 2 N–H and O–H groups in total. The zero-order valence-electron chi connectivity index (χ0n) is 12.1. The van der Waals surface area contributed by atoms with E-state index in [9.17, 15) is 4.79 Å². The molecule has 108 valence electrons. The number of hydrogen-bond acceptors (Lipinski definition) is 2. The van der Waals surface area contributed by atoms with Gasteiger partial charge in [0.2, 0.25) is 0 Å². The van der Waals surface area contributed by atoms with Crippen molar-refractivity contribution in [2.45, 2.75) is 44.6 Å². The van der Waals surface area contributed by atoms with Gasteiger partial charge in [-0.2, -0.15) is 0 Å². The van der Waals surface area contributed by atoms with Crippen molar-refractivity contribution in [1.82, 2.24) is 4.57 Å². The maximum absolute atomic E-state index is 12.4. The largest absolute Gasteiger partial charge is 0.394 e. The fourth-order valence-electron chi connectivity index (χ4n) is 3.39. The van der Waals surface area contributed by atoms with Crippen molar-refractivity contribution >= 4 is 5.69 Å². The number of aryl methyl sites for hydroxylation is 2. The number of hydrogen-bond donors (Lipinski definition) is 1. The number of nitrogens with zero attached hydrogens (tertiary/aromatic N) is 1. The highest BCUT2D eigenvalue weighted by Crippen LogP contribution is 2.38. The van der Waals surface area contributed by atoms with E-state index in [4.69, 9.17) is 5.73 Å². The zero-order chi connectivity index (χ0) is 14.4. The molecule has 0 radical (unpaired) electrons. The third kappa shape index (κ3) is 2.17. The minimum absolute atomic E-state index is 0.0345. The van der Waals surface area contributed by atoms with Crippen LogP contribution in [0.15, 0.2) is 35.1 Å². The van der Waals surface area contributed by atoms with E-state index in [1.165, 1.54) is 30.4 Å². The zero-order valence-corrected chi connectivity index (χ0v) is 12.1. The molecule has 2 aliphatic carbocycles. The van der Waals surface area contributed by atoms with E-state index in [0.29, 0.717) is 11.7 Å². The van der Waals surface area contributed by atoms with Crippen LogP contribution in [0.5, 0.6) is 0 Å². The maximum atomic E-state index is 12.4. The lowest BCUT2D eigenvalue weighted by Crippen LogP contribution is -2.23. The third-order valence-corrected chi connectivity index (χ3v) is 4.70. The number of benzene rings is 1. The number of aromatic nitrogens is 1. The van der Waals surface area contributed by atoms with Crippen LogP contribution in [0.3, 0.4) is 0 Å². The number of pyridine rings is 1. The summed E-state index contributed by atoms with van der Waals surface area (Å²) in [5.74, 6) is 0. The van der Waals surface area contributed by atoms with E-state index in [1.807, 2.05) is 10.6 Å². The van der Waals surface area contributed by atoms with Crippen LogP contribution in [0.4, 0.5) is 5.69 Å². The molecule has 1 saturated carbocycles. The standard InChI is InChI=1S/C18H20N2O/c19-16-9-10-17(20(18(16)21)15-7-8-15)14-6-5-12-3-1-2-4-13(12)11-14/h5-6,9-11,15H,1-4,7-8,19H2. The van der Waals surface area contributed by atoms with Gasteiger partial charge in [0.15, 0.2) is 0 Å². The predicted molar refractivity (Wildman–Crippen MR) is 85.5 cm³/mol. The van der Waals surface area contributed by atoms with Gasteiger partial charge in [0.1, 0.15) is 0 Å². The molecule has 2 aromatic rings. The minimum atomic E-state index is -0.0345. The molecule has 0 saturated heterocycles. The lowest BCUT2D eigenvalue weighted by Gasteiger charge is -2.18. The Labute approximate surface area is 124 Å². The summed E-state index contributed by atoms with van der Waals surface area (Å²) in [4.78, 5) is 12.4. The minimum Gasteiger partial charge on any atom is -0.394 e. The molecule has 1 aromatic heterocycles. The third-order valence-electron chi connectivity index (χ3n) is 4.70. The van der Waals surface area contributed by atoms with Crippen molar-refractivity contribution in [1.29, 1.82) is 0 Å². The molecular weight excluding hydrogens is 260 g/mol. The fraction of sp³-hybridized carbons (Fsp3) is 0.389. The van der Waals surface area contributed by atoms with Gasteiger partial charge >= 0.3 is 0 Å². The average molecular weight is 280 g/mol. The highest BCUT2D eigenvalue weighted by molar-refractivity contribution is 5.64. The van der Waals surface area contributed by atoms with Crippen molar-refractivity contribution in [2.75, 3.05) is 5.73 Å². The van der Waals surface area contributed by atoms with Gasteiger partial charge in [-0.15, -0.1) is 0 Å². The van der Waals surface area contributed by atoms with E-state index < -0.39 is 0 Å². The smallest absolute Gasteiger partial charge is 0.274 e. The SMILES string of the molecule is Nc1ccc(-c2ccc3c(c2)CCCC3)n(C2CC2)c1=O. The Bertz CT molecular complexity index is 756. The fourth-order valence-corrected chi connectivity index (χ4v) is 3.39. The normalized spacial score (nSPS) is 17.5. The second kappa shape index (κ2) is 4.76. The van der Waals surface area contributed by atoms with E-state index >= 15 is 0 Å². The van der Waals surface area contributed by atoms with Crippen LogP contribution in [-0.4, -0.2) is 4.57 Å². The summed E-state index contributed by atoms with van der Waals surface area (Å²) in [7, 11) is 0. The Hall–Kier alpha value is -2.03. The highest BCUT2D eigenvalue weighted by atomic mass is 16.1. The Morgan fingerprint density at radius 1 is 1.00 bits per heavy atom. The van der Waals surface area contributed by atoms with E-state index in [1.54, 1.807) is 6.07 Å². The first kappa shape index (κ1) is 12.7. The highest BCUT2D eigenvalue weighted by Gasteiger charge is 2.27. The lowest BCUT2D eigenvalue weighted by atomic mass is 9.90. The van der Waals surface area contributed by atoms with E-state index in [2.05, 4.69) is 18.2 Å². The number of nitrogens with two attached hydrogens (primary N) is 1. The molecule has 0 atom stereocenters. The molecule has 0 unspecified atom stereocenters. The monoisotopic (exact) mass is 280 g/mol. The van der Waals surface area contributed by atoms with Gasteiger partial charge in [0, 0.05) is 6.04 Å². The Balaban J connectivity index is 1.87. The molecule has 0 amide bonds. The van der Waals surface area contributed by atoms with Crippen LogP contribution in [0.1, 0.15) is 42.9 Å². The van der Waals surface area contributed by atoms with Gasteiger partial charge in [-0.25, -0.2) is 0 Å². The summed E-state index contributed by atoms with van der Waals surface area (Å²) in [6.45, 7) is 0. The molecule has 21 heavy (non-hydrogen) atoms. The van der Waals surface area contributed by atoms with Crippen LogP contribution in [0.25, 0.3) is 11.3 Å². The van der Waals surface area contributed by atoms with Crippen molar-refractivity contribution in [2.24, 2.45) is 0 Å². The van der Waals surface area contributed by atoms with Gasteiger partial charge in [-0.1, -0.05) is 12.1 Å². The number of rotatable bonds is 2. The van der Waals surface area contributed by atoms with Crippen LogP contribution >= 0.6 is 0 Å². The summed E-state index contributed by atoms with van der Waals surface area (Å²) in [6.07, 6.45) is 7.08. The summed E-state index contributed by atoms with van der Waals surface area (Å²) in [5.41, 5.74) is 11.2. The van der Waals surface area contributed by atoms with Crippen molar-refractivity contribution in [3.63, 3.8) is 0 Å². The van der Waals surface area contributed by atoms with E-state index in [0.717, 1.165) is 30.5 Å².